The van der Waals surface area contributed by atoms with Crippen molar-refractivity contribution in [2.24, 2.45) is 0 Å². The summed E-state index contributed by atoms with van der Waals surface area (Å²) < 4.78 is 11.3. The first kappa shape index (κ1) is 22.1. The molecule has 2 amide bonds. The van der Waals surface area contributed by atoms with Crippen molar-refractivity contribution >= 4 is 29.0 Å². The Bertz CT molecular complexity index is 1270. The van der Waals surface area contributed by atoms with E-state index in [0.717, 1.165) is 22.2 Å². The van der Waals surface area contributed by atoms with Crippen LogP contribution in [-0.2, 0) is 17.9 Å². The van der Waals surface area contributed by atoms with Crippen LogP contribution in [0, 0.1) is 11.3 Å². The molecular weight excluding hydrogens is 438 g/mol. The Kier molecular flexibility index (Phi) is 6.72. The van der Waals surface area contributed by atoms with Crippen LogP contribution < -0.4 is 9.47 Å². The normalized spacial score (nSPS) is 14.4. The van der Waals surface area contributed by atoms with Gasteiger partial charge in [-0.3, -0.25) is 19.5 Å². The van der Waals surface area contributed by atoms with Gasteiger partial charge in [-0.25, -0.2) is 0 Å². The molecule has 1 aliphatic heterocycles. The first-order chi connectivity index (χ1) is 16.1. The first-order valence-corrected chi connectivity index (χ1v) is 10.8. The smallest absolute Gasteiger partial charge is 0.293 e. The molecule has 3 aromatic rings. The van der Waals surface area contributed by atoms with Gasteiger partial charge in [0.1, 0.15) is 6.61 Å². The Balaban J connectivity index is 1.50. The number of carbonyl (C=O) groups is 2. The van der Waals surface area contributed by atoms with E-state index in [2.05, 4.69) is 11.1 Å². The number of hydrogen-bond donors (Lipinski definition) is 0. The topological polar surface area (TPSA) is 92.5 Å². The van der Waals surface area contributed by atoms with Crippen LogP contribution in [0.4, 0.5) is 4.79 Å². The van der Waals surface area contributed by atoms with Crippen molar-refractivity contribution in [3.63, 3.8) is 0 Å². The number of hydrogen-bond acceptors (Lipinski definition) is 7. The Labute approximate surface area is 195 Å². The van der Waals surface area contributed by atoms with Crippen LogP contribution in [0.3, 0.4) is 0 Å². The first-order valence-electron chi connectivity index (χ1n) is 10.0. The van der Waals surface area contributed by atoms with Gasteiger partial charge < -0.3 is 9.47 Å². The fourth-order valence-electron chi connectivity index (χ4n) is 3.26. The van der Waals surface area contributed by atoms with Crippen LogP contribution >= 0.6 is 11.8 Å². The number of benzene rings is 2. The Hall–Kier alpha value is -4.09. The lowest BCUT2D eigenvalue weighted by Crippen LogP contribution is -2.27. The van der Waals surface area contributed by atoms with Crippen molar-refractivity contribution in [3.05, 3.63) is 94.1 Å². The van der Waals surface area contributed by atoms with Gasteiger partial charge in [-0.05, 0) is 64.9 Å². The molecule has 0 unspecified atom stereocenters. The molecule has 2 heterocycles. The van der Waals surface area contributed by atoms with Gasteiger partial charge in [-0.1, -0.05) is 24.3 Å². The van der Waals surface area contributed by atoms with Crippen molar-refractivity contribution in [2.45, 2.75) is 13.2 Å². The summed E-state index contributed by atoms with van der Waals surface area (Å²) in [5.41, 5.74) is 2.74. The molecule has 0 radical (unpaired) electrons. The van der Waals surface area contributed by atoms with E-state index >= 15 is 0 Å². The number of rotatable bonds is 7. The average Bonchev–Trinajstić information content (AvgIpc) is 3.11. The lowest BCUT2D eigenvalue weighted by Gasteiger charge is -2.13. The maximum Gasteiger partial charge on any atom is 0.293 e. The van der Waals surface area contributed by atoms with E-state index in [1.807, 2.05) is 12.1 Å². The molecule has 0 N–H and O–H groups in total. The maximum absolute atomic E-state index is 12.9. The molecule has 8 heteroatoms. The largest absolute Gasteiger partial charge is 0.493 e. The number of imide groups is 1. The summed E-state index contributed by atoms with van der Waals surface area (Å²) in [7, 11) is 1.54. The maximum atomic E-state index is 12.9. The molecule has 0 aliphatic carbocycles. The molecule has 2 aromatic carbocycles. The van der Waals surface area contributed by atoms with Gasteiger partial charge in [-0.15, -0.1) is 0 Å². The Morgan fingerprint density at radius 3 is 2.64 bits per heavy atom. The van der Waals surface area contributed by atoms with Crippen LogP contribution in [0.15, 0.2) is 71.9 Å². The van der Waals surface area contributed by atoms with Crippen LogP contribution in [0.5, 0.6) is 11.5 Å². The fraction of sp³-hybridized carbons (Fsp3) is 0.120. The minimum atomic E-state index is -0.394. The van der Waals surface area contributed by atoms with Crippen LogP contribution in [0.1, 0.15) is 22.3 Å². The highest BCUT2D eigenvalue weighted by Gasteiger charge is 2.35. The molecule has 1 fully saturated rings. The lowest BCUT2D eigenvalue weighted by atomic mass is 10.1. The van der Waals surface area contributed by atoms with Gasteiger partial charge in [0, 0.05) is 12.4 Å². The van der Waals surface area contributed by atoms with Crippen LogP contribution in [0.2, 0.25) is 0 Å². The van der Waals surface area contributed by atoms with E-state index in [1.54, 1.807) is 68.0 Å². The Morgan fingerprint density at radius 1 is 1.09 bits per heavy atom. The molecule has 0 bridgehead atoms. The molecule has 0 saturated carbocycles. The second kappa shape index (κ2) is 10.0. The zero-order valence-electron chi connectivity index (χ0n) is 17.7. The van der Waals surface area contributed by atoms with Crippen molar-refractivity contribution in [2.75, 3.05) is 7.11 Å². The summed E-state index contributed by atoms with van der Waals surface area (Å²) in [6, 6.07) is 18.0. The van der Waals surface area contributed by atoms with Gasteiger partial charge in [0.25, 0.3) is 11.1 Å². The molecule has 0 atom stereocenters. The number of thioether (sulfide) groups is 1. The SMILES string of the molecule is COc1cc(/C=C2/SC(=O)N(Cc3ccccc3C#N)C2=O)ccc1OCc1ccncc1. The van der Waals surface area contributed by atoms with Gasteiger partial charge in [0.05, 0.1) is 30.2 Å². The number of nitrogens with zero attached hydrogens (tertiary/aromatic N) is 3. The zero-order valence-corrected chi connectivity index (χ0v) is 18.5. The molecule has 1 aliphatic rings. The van der Waals surface area contributed by atoms with E-state index in [9.17, 15) is 14.9 Å². The average molecular weight is 458 g/mol. The third-order valence-electron chi connectivity index (χ3n) is 4.97. The van der Waals surface area contributed by atoms with Gasteiger partial charge >= 0.3 is 0 Å². The predicted molar refractivity (Wildman–Crippen MR) is 124 cm³/mol. The quantitative estimate of drug-likeness (QED) is 0.472. The minimum absolute atomic E-state index is 0.0524. The van der Waals surface area contributed by atoms with E-state index in [-0.39, 0.29) is 11.8 Å². The summed E-state index contributed by atoms with van der Waals surface area (Å²) in [6.45, 7) is 0.415. The number of ether oxygens (including phenoxy) is 2. The monoisotopic (exact) mass is 457 g/mol. The molecule has 1 aromatic heterocycles. The molecule has 1 saturated heterocycles. The summed E-state index contributed by atoms with van der Waals surface area (Å²) in [4.78, 5) is 30.8. The molecule has 33 heavy (non-hydrogen) atoms. The summed E-state index contributed by atoms with van der Waals surface area (Å²) in [5.74, 6) is 0.683. The third kappa shape index (κ3) is 5.05. The summed E-state index contributed by atoms with van der Waals surface area (Å²) in [6.07, 6.45) is 5.05. The zero-order chi connectivity index (χ0) is 23.2. The number of carbonyl (C=O) groups excluding carboxylic acids is 2. The number of pyridine rings is 1. The standard InChI is InChI=1S/C25H19N3O4S/c1-31-22-12-18(6-7-21(22)32-16-17-8-10-27-11-9-17)13-23-24(29)28(25(30)33-23)15-20-5-3-2-4-19(20)14-26/h2-13H,15-16H2,1H3/b23-13+. The fourth-order valence-corrected chi connectivity index (χ4v) is 4.10. The molecular formula is C25H19N3O4S. The Morgan fingerprint density at radius 2 is 1.88 bits per heavy atom. The highest BCUT2D eigenvalue weighted by molar-refractivity contribution is 8.18. The molecule has 164 valence electrons. The van der Waals surface area contributed by atoms with Crippen molar-refractivity contribution < 1.29 is 19.1 Å². The van der Waals surface area contributed by atoms with Gasteiger partial charge in [0.15, 0.2) is 11.5 Å². The van der Waals surface area contributed by atoms with E-state index in [4.69, 9.17) is 9.47 Å². The summed E-state index contributed by atoms with van der Waals surface area (Å²) in [5, 5.41) is 8.89. The highest BCUT2D eigenvalue weighted by atomic mass is 32.2. The van der Waals surface area contributed by atoms with Gasteiger partial charge in [0.2, 0.25) is 0 Å². The molecule has 0 spiro atoms. The highest BCUT2D eigenvalue weighted by Crippen LogP contribution is 2.35. The van der Waals surface area contributed by atoms with Crippen molar-refractivity contribution in [1.82, 2.24) is 9.88 Å². The summed E-state index contributed by atoms with van der Waals surface area (Å²) >= 11 is 0.872. The number of nitriles is 1. The number of methoxy groups -OCH3 is 1. The van der Waals surface area contributed by atoms with E-state index in [1.165, 1.54) is 0 Å². The lowest BCUT2D eigenvalue weighted by molar-refractivity contribution is -0.123. The van der Waals surface area contributed by atoms with Crippen molar-refractivity contribution in [3.8, 4) is 17.6 Å². The van der Waals surface area contributed by atoms with Gasteiger partial charge in [-0.2, -0.15) is 5.26 Å². The minimum Gasteiger partial charge on any atom is -0.493 e. The molecule has 7 nitrogen and oxygen atoms in total. The van der Waals surface area contributed by atoms with E-state index < -0.39 is 5.91 Å². The number of amides is 2. The van der Waals surface area contributed by atoms with Crippen LogP contribution in [-0.4, -0.2) is 28.1 Å². The van der Waals surface area contributed by atoms with E-state index in [0.29, 0.717) is 39.7 Å². The van der Waals surface area contributed by atoms with Crippen LogP contribution in [0.25, 0.3) is 6.08 Å². The predicted octanol–water partition coefficient (Wildman–Crippen LogP) is 4.78. The second-order valence-electron chi connectivity index (χ2n) is 7.09. The second-order valence-corrected chi connectivity index (χ2v) is 8.08. The molecule has 4 rings (SSSR count). The number of aromatic nitrogens is 1. The van der Waals surface area contributed by atoms with Crippen molar-refractivity contribution in [1.29, 1.82) is 5.26 Å². The third-order valence-corrected chi connectivity index (χ3v) is 5.88.